The topological polar surface area (TPSA) is 86.5 Å². The minimum absolute atomic E-state index is 0.135. The van der Waals surface area contributed by atoms with E-state index < -0.39 is 5.97 Å². The molecule has 0 aliphatic heterocycles. The maximum absolute atomic E-state index is 12.6. The van der Waals surface area contributed by atoms with Gasteiger partial charge in [0.05, 0.1) is 35.2 Å². The van der Waals surface area contributed by atoms with E-state index in [1.165, 1.54) is 44.9 Å². The van der Waals surface area contributed by atoms with Crippen LogP contribution in [0.4, 0.5) is 11.4 Å². The van der Waals surface area contributed by atoms with Crippen LogP contribution in [-0.2, 0) is 4.74 Å². The third-order valence-corrected chi connectivity index (χ3v) is 7.06. The Bertz CT molecular complexity index is 1250. The summed E-state index contributed by atoms with van der Waals surface area (Å²) in [5.74, 6) is 0.291. The normalized spacial score (nSPS) is 11.8. The number of carbonyl (C=O) groups excluding carboxylic acids is 2. The van der Waals surface area contributed by atoms with Crippen LogP contribution in [0.5, 0.6) is 11.5 Å². The van der Waals surface area contributed by atoms with E-state index in [1.54, 1.807) is 48.5 Å². The quantitative estimate of drug-likeness (QED) is 0.0603. The molecule has 0 N–H and O–H groups in total. The molecule has 0 fully saturated rings. The van der Waals surface area contributed by atoms with Gasteiger partial charge in [-0.15, -0.1) is 0 Å². The molecule has 7 nitrogen and oxygen atoms in total. The van der Waals surface area contributed by atoms with Crippen molar-refractivity contribution < 1.29 is 23.8 Å². The van der Waals surface area contributed by atoms with Crippen LogP contribution in [0, 0.1) is 0 Å². The number of nitrogens with zero attached hydrogens (tertiary/aromatic N) is 2. The Balaban J connectivity index is 1.42. The lowest BCUT2D eigenvalue weighted by Gasteiger charge is -2.13. The van der Waals surface area contributed by atoms with E-state index in [0.29, 0.717) is 28.3 Å². The van der Waals surface area contributed by atoms with Gasteiger partial charge in [-0.1, -0.05) is 65.2 Å². The Morgan fingerprint density at radius 2 is 1.09 bits per heavy atom. The average Bonchev–Trinajstić information content (AvgIpc) is 3.03. The van der Waals surface area contributed by atoms with Crippen LogP contribution in [0.15, 0.2) is 83.0 Å². The summed E-state index contributed by atoms with van der Waals surface area (Å²) in [7, 11) is 0. The monoisotopic (exact) mass is 586 g/mol. The summed E-state index contributed by atoms with van der Waals surface area (Å²) >= 11 is 0. The predicted molar refractivity (Wildman–Crippen MR) is 171 cm³/mol. The number of carbonyl (C=O) groups is 2. The first-order valence-electron chi connectivity index (χ1n) is 15.8. The number of benzene rings is 3. The number of hydrogen-bond acceptors (Lipinski definition) is 7. The number of rotatable bonds is 19. The molecule has 1 unspecified atom stereocenters. The molecular formula is C36H46N2O5. The van der Waals surface area contributed by atoms with Crippen molar-refractivity contribution in [2.75, 3.05) is 6.61 Å². The zero-order chi connectivity index (χ0) is 30.7. The van der Waals surface area contributed by atoms with Crippen LogP contribution in [0.2, 0.25) is 0 Å². The van der Waals surface area contributed by atoms with E-state index in [1.807, 2.05) is 31.2 Å². The third kappa shape index (κ3) is 12.8. The van der Waals surface area contributed by atoms with E-state index in [-0.39, 0.29) is 12.1 Å². The van der Waals surface area contributed by atoms with Crippen molar-refractivity contribution in [1.82, 2.24) is 0 Å². The molecule has 0 amide bonds. The Morgan fingerprint density at radius 1 is 0.605 bits per heavy atom. The average molecular weight is 587 g/mol. The van der Waals surface area contributed by atoms with Crippen molar-refractivity contribution in [3.05, 3.63) is 83.9 Å². The molecule has 0 aliphatic rings. The molecule has 0 heterocycles. The van der Waals surface area contributed by atoms with Crippen LogP contribution >= 0.6 is 0 Å². The van der Waals surface area contributed by atoms with Gasteiger partial charge in [0, 0.05) is 0 Å². The summed E-state index contributed by atoms with van der Waals surface area (Å²) in [6.07, 6.45) is 12.7. The molecule has 3 aromatic carbocycles. The molecule has 0 saturated heterocycles. The fourth-order valence-electron chi connectivity index (χ4n) is 4.45. The number of azo groups is 1. The molecule has 0 radical (unpaired) electrons. The van der Waals surface area contributed by atoms with Gasteiger partial charge < -0.3 is 14.2 Å². The number of hydrogen-bond donors (Lipinski definition) is 0. The highest BCUT2D eigenvalue weighted by molar-refractivity contribution is 5.92. The largest absolute Gasteiger partial charge is 0.494 e. The number of ether oxygens (including phenoxy) is 3. The first-order chi connectivity index (χ1) is 21.0. The number of esters is 2. The van der Waals surface area contributed by atoms with Crippen LogP contribution in [0.1, 0.15) is 112 Å². The number of unbranched alkanes of at least 4 members (excludes halogenated alkanes) is 8. The molecular weight excluding hydrogens is 540 g/mol. The highest BCUT2D eigenvalue weighted by atomic mass is 16.5. The second kappa shape index (κ2) is 19.2. The van der Waals surface area contributed by atoms with E-state index in [0.717, 1.165) is 38.0 Å². The van der Waals surface area contributed by atoms with Crippen molar-refractivity contribution in [3.63, 3.8) is 0 Å². The molecule has 1 atom stereocenters. The van der Waals surface area contributed by atoms with Crippen molar-refractivity contribution >= 4 is 23.3 Å². The van der Waals surface area contributed by atoms with Gasteiger partial charge in [-0.2, -0.15) is 10.2 Å². The Labute approximate surface area is 256 Å². The predicted octanol–water partition coefficient (Wildman–Crippen LogP) is 10.6. The van der Waals surface area contributed by atoms with Gasteiger partial charge in [-0.25, -0.2) is 9.59 Å². The van der Waals surface area contributed by atoms with Crippen molar-refractivity contribution in [2.45, 2.75) is 97.5 Å². The standard InChI is InChI=1S/C36H46N2O5/c1-4-6-8-10-11-13-27-41-33-25-21-32(22-26-33)38-37-31-19-15-29(16-20-31)36(40)43-34-23-17-30(18-24-34)35(39)42-28(3)14-12-9-7-5-2/h15-26,28H,4-14,27H2,1-3H3. The van der Waals surface area contributed by atoms with Gasteiger partial charge in [0.2, 0.25) is 0 Å². The fourth-order valence-corrected chi connectivity index (χ4v) is 4.45. The van der Waals surface area contributed by atoms with E-state index in [4.69, 9.17) is 14.2 Å². The molecule has 3 rings (SSSR count). The molecule has 7 heteroatoms. The smallest absolute Gasteiger partial charge is 0.343 e. The highest BCUT2D eigenvalue weighted by Crippen LogP contribution is 2.23. The van der Waals surface area contributed by atoms with Crippen LogP contribution in [0.25, 0.3) is 0 Å². The zero-order valence-corrected chi connectivity index (χ0v) is 25.9. The zero-order valence-electron chi connectivity index (χ0n) is 25.9. The van der Waals surface area contributed by atoms with Crippen LogP contribution < -0.4 is 9.47 Å². The summed E-state index contributed by atoms with van der Waals surface area (Å²) < 4.78 is 16.8. The van der Waals surface area contributed by atoms with Crippen molar-refractivity contribution in [2.24, 2.45) is 10.2 Å². The van der Waals surface area contributed by atoms with Crippen molar-refractivity contribution in [1.29, 1.82) is 0 Å². The SMILES string of the molecule is CCCCCCCCOc1ccc(N=Nc2ccc(C(=O)Oc3ccc(C(=O)OC(C)CCCCCC)cc3)cc2)cc1. The van der Waals surface area contributed by atoms with Crippen LogP contribution in [0.3, 0.4) is 0 Å². The Kier molecular flexibility index (Phi) is 15.0. The first-order valence-corrected chi connectivity index (χ1v) is 15.8. The van der Waals surface area contributed by atoms with Gasteiger partial charge in [0.1, 0.15) is 11.5 Å². The fraction of sp³-hybridized carbons (Fsp3) is 0.444. The summed E-state index contributed by atoms with van der Waals surface area (Å²) in [6.45, 7) is 7.03. The Hall–Kier alpha value is -4.00. The molecule has 0 aromatic heterocycles. The molecule has 0 bridgehead atoms. The van der Waals surface area contributed by atoms with Gasteiger partial charge in [-0.05, 0) is 99.0 Å². The molecule has 0 saturated carbocycles. The van der Waals surface area contributed by atoms with Gasteiger partial charge in [0.25, 0.3) is 0 Å². The minimum Gasteiger partial charge on any atom is -0.494 e. The lowest BCUT2D eigenvalue weighted by atomic mass is 10.1. The molecule has 0 spiro atoms. The molecule has 3 aromatic rings. The van der Waals surface area contributed by atoms with Gasteiger partial charge in [-0.3, -0.25) is 0 Å². The molecule has 230 valence electrons. The summed E-state index contributed by atoms with van der Waals surface area (Å²) in [5, 5.41) is 8.54. The molecule has 0 aliphatic carbocycles. The lowest BCUT2D eigenvalue weighted by Crippen LogP contribution is -2.15. The molecule has 43 heavy (non-hydrogen) atoms. The van der Waals surface area contributed by atoms with Gasteiger partial charge >= 0.3 is 11.9 Å². The minimum atomic E-state index is -0.504. The second-order valence-corrected chi connectivity index (χ2v) is 10.8. The van der Waals surface area contributed by atoms with E-state index in [9.17, 15) is 9.59 Å². The van der Waals surface area contributed by atoms with Gasteiger partial charge in [0.15, 0.2) is 0 Å². The first kappa shape index (κ1) is 33.5. The lowest BCUT2D eigenvalue weighted by molar-refractivity contribution is 0.0319. The summed E-state index contributed by atoms with van der Waals surface area (Å²) in [6, 6.07) is 20.6. The van der Waals surface area contributed by atoms with Crippen molar-refractivity contribution in [3.8, 4) is 11.5 Å². The van der Waals surface area contributed by atoms with E-state index in [2.05, 4.69) is 24.1 Å². The maximum atomic E-state index is 12.6. The highest BCUT2D eigenvalue weighted by Gasteiger charge is 2.13. The Morgan fingerprint density at radius 3 is 1.72 bits per heavy atom. The summed E-state index contributed by atoms with van der Waals surface area (Å²) in [5.41, 5.74) is 2.13. The summed E-state index contributed by atoms with van der Waals surface area (Å²) in [4.78, 5) is 25.0. The second-order valence-electron chi connectivity index (χ2n) is 10.8. The maximum Gasteiger partial charge on any atom is 0.343 e. The van der Waals surface area contributed by atoms with Crippen LogP contribution in [-0.4, -0.2) is 24.6 Å². The third-order valence-electron chi connectivity index (χ3n) is 7.06. The van der Waals surface area contributed by atoms with E-state index >= 15 is 0 Å².